The summed E-state index contributed by atoms with van der Waals surface area (Å²) in [7, 11) is -4.54. The van der Waals surface area contributed by atoms with Crippen LogP contribution in [0, 0.1) is 5.41 Å². The Balaban J connectivity index is 4.90. The molecule has 0 radical (unpaired) electrons. The fraction of sp³-hybridized carbons (Fsp3) is 0.700. The van der Waals surface area contributed by atoms with E-state index in [1.54, 1.807) is 20.8 Å². The number of phosphoric ester groups is 1. The van der Waals surface area contributed by atoms with Crippen molar-refractivity contribution in [1.29, 1.82) is 0 Å². The van der Waals surface area contributed by atoms with Gasteiger partial charge >= 0.3 is 7.82 Å². The molecule has 0 atom stereocenters. The minimum Gasteiger partial charge on any atom is -0.303 e. The lowest BCUT2D eigenvalue weighted by Crippen LogP contribution is -2.35. The Labute approximate surface area is 95.7 Å². The summed E-state index contributed by atoms with van der Waals surface area (Å²) in [5.74, 6) is -0.203. The van der Waals surface area contributed by atoms with Crippen LogP contribution in [0.5, 0.6) is 0 Å². The molecule has 0 aliphatic heterocycles. The van der Waals surface area contributed by atoms with Crippen LogP contribution in [0.25, 0.3) is 0 Å². The SMILES string of the molecule is C=C(C)C(=O)C(CC)(CC)COP(=O)(O)O. The third-order valence-electron chi connectivity index (χ3n) is 2.73. The van der Waals surface area contributed by atoms with Crippen LogP contribution in [0.3, 0.4) is 0 Å². The topological polar surface area (TPSA) is 83.8 Å². The first kappa shape index (κ1) is 15.5. The average Bonchev–Trinajstić information content (AvgIpc) is 2.18. The molecule has 0 aliphatic carbocycles. The average molecular weight is 250 g/mol. The van der Waals surface area contributed by atoms with Gasteiger partial charge in [-0.3, -0.25) is 9.32 Å². The summed E-state index contributed by atoms with van der Waals surface area (Å²) in [4.78, 5) is 29.2. The number of hydrogen-bond acceptors (Lipinski definition) is 3. The highest BCUT2D eigenvalue weighted by Gasteiger charge is 2.37. The molecule has 0 aliphatic rings. The van der Waals surface area contributed by atoms with Gasteiger partial charge in [-0.15, -0.1) is 0 Å². The molecule has 0 unspecified atom stereocenters. The molecule has 0 saturated carbocycles. The first-order valence-electron chi connectivity index (χ1n) is 5.09. The van der Waals surface area contributed by atoms with Gasteiger partial charge in [0, 0.05) is 0 Å². The molecule has 0 rings (SSSR count). The van der Waals surface area contributed by atoms with E-state index >= 15 is 0 Å². The lowest BCUT2D eigenvalue weighted by molar-refractivity contribution is -0.127. The second kappa shape index (κ2) is 5.73. The predicted molar refractivity (Wildman–Crippen MR) is 60.8 cm³/mol. The molecule has 0 aromatic heterocycles. The van der Waals surface area contributed by atoms with Crippen molar-refractivity contribution in [3.8, 4) is 0 Å². The fourth-order valence-corrected chi connectivity index (χ4v) is 1.92. The van der Waals surface area contributed by atoms with Gasteiger partial charge in [0.1, 0.15) is 0 Å². The first-order valence-corrected chi connectivity index (χ1v) is 6.62. The van der Waals surface area contributed by atoms with Crippen molar-refractivity contribution in [2.45, 2.75) is 33.6 Å². The molecular weight excluding hydrogens is 231 g/mol. The molecule has 0 fully saturated rings. The molecule has 0 aromatic rings. The van der Waals surface area contributed by atoms with E-state index in [4.69, 9.17) is 9.79 Å². The van der Waals surface area contributed by atoms with Crippen LogP contribution in [0.4, 0.5) is 0 Å². The van der Waals surface area contributed by atoms with Crippen molar-refractivity contribution in [3.05, 3.63) is 12.2 Å². The van der Waals surface area contributed by atoms with Crippen LogP contribution in [0.2, 0.25) is 0 Å². The fourth-order valence-electron chi connectivity index (χ4n) is 1.50. The van der Waals surface area contributed by atoms with E-state index in [2.05, 4.69) is 11.1 Å². The maximum absolute atomic E-state index is 11.9. The van der Waals surface area contributed by atoms with E-state index in [0.29, 0.717) is 18.4 Å². The van der Waals surface area contributed by atoms with Gasteiger partial charge in [-0.1, -0.05) is 20.4 Å². The third kappa shape index (κ3) is 4.18. The van der Waals surface area contributed by atoms with E-state index in [-0.39, 0.29) is 12.4 Å². The predicted octanol–water partition coefficient (Wildman–Crippen LogP) is 2.05. The summed E-state index contributed by atoms with van der Waals surface area (Å²) in [5, 5.41) is 0. The number of allylic oxidation sites excluding steroid dienone is 1. The Kier molecular flexibility index (Phi) is 5.56. The second-order valence-electron chi connectivity index (χ2n) is 3.86. The molecule has 0 bridgehead atoms. The molecule has 2 N–H and O–H groups in total. The first-order chi connectivity index (χ1) is 7.18. The van der Waals surface area contributed by atoms with Crippen molar-refractivity contribution in [3.63, 3.8) is 0 Å². The van der Waals surface area contributed by atoms with E-state index in [9.17, 15) is 9.36 Å². The number of carbonyl (C=O) groups is 1. The number of rotatable bonds is 7. The van der Waals surface area contributed by atoms with Gasteiger partial charge in [0.2, 0.25) is 0 Å². The zero-order valence-corrected chi connectivity index (χ0v) is 10.8. The highest BCUT2D eigenvalue weighted by Crippen LogP contribution is 2.41. The van der Waals surface area contributed by atoms with Gasteiger partial charge in [-0.05, 0) is 25.3 Å². The Morgan fingerprint density at radius 2 is 1.81 bits per heavy atom. The maximum atomic E-state index is 11.9. The summed E-state index contributed by atoms with van der Waals surface area (Å²) in [5.41, 5.74) is -0.509. The Morgan fingerprint density at radius 3 is 2.06 bits per heavy atom. The van der Waals surface area contributed by atoms with Crippen LogP contribution >= 0.6 is 7.82 Å². The van der Waals surface area contributed by atoms with Crippen LogP contribution in [-0.4, -0.2) is 22.2 Å². The Hall–Kier alpha value is -0.480. The standard InChI is InChI=1S/C10H19O5P/c1-5-10(6-2,9(11)8(3)4)7-15-16(12,13)14/h3,5-7H2,1-2,4H3,(H2,12,13,14). The minimum absolute atomic E-state index is 0.203. The molecule has 0 aromatic carbocycles. The van der Waals surface area contributed by atoms with Gasteiger partial charge < -0.3 is 9.79 Å². The van der Waals surface area contributed by atoms with Crippen LogP contribution in [0.15, 0.2) is 12.2 Å². The summed E-state index contributed by atoms with van der Waals surface area (Å²) < 4.78 is 15.1. The molecule has 0 amide bonds. The van der Waals surface area contributed by atoms with E-state index in [1.165, 1.54) is 0 Å². The van der Waals surface area contributed by atoms with Gasteiger partial charge in [-0.25, -0.2) is 4.57 Å². The summed E-state index contributed by atoms with van der Waals surface area (Å²) in [6.07, 6.45) is 0.907. The highest BCUT2D eigenvalue weighted by atomic mass is 31.2. The van der Waals surface area contributed by atoms with E-state index in [0.717, 1.165) is 0 Å². The quantitative estimate of drug-likeness (QED) is 0.533. The van der Waals surface area contributed by atoms with Crippen LogP contribution in [0.1, 0.15) is 33.6 Å². The largest absolute Gasteiger partial charge is 0.469 e. The van der Waals surface area contributed by atoms with Crippen molar-refractivity contribution in [1.82, 2.24) is 0 Å². The molecule has 6 heteroatoms. The van der Waals surface area contributed by atoms with E-state index in [1.807, 2.05) is 0 Å². The molecule has 0 spiro atoms. The lowest BCUT2D eigenvalue weighted by Gasteiger charge is -2.29. The monoisotopic (exact) mass is 250 g/mol. The molecular formula is C10H19O5P. The maximum Gasteiger partial charge on any atom is 0.469 e. The lowest BCUT2D eigenvalue weighted by atomic mass is 9.77. The third-order valence-corrected chi connectivity index (χ3v) is 3.20. The molecule has 5 nitrogen and oxygen atoms in total. The number of hydrogen-bond donors (Lipinski definition) is 2. The Bertz CT molecular complexity index is 313. The number of Topliss-reactive ketones (excluding diaryl/α,β-unsaturated/α-hetero) is 1. The summed E-state index contributed by atoms with van der Waals surface area (Å²) >= 11 is 0. The zero-order valence-electron chi connectivity index (χ0n) is 9.89. The van der Waals surface area contributed by atoms with Crippen molar-refractivity contribution in [2.24, 2.45) is 5.41 Å². The van der Waals surface area contributed by atoms with Crippen LogP contribution in [-0.2, 0) is 13.9 Å². The van der Waals surface area contributed by atoms with Crippen molar-refractivity contribution in [2.75, 3.05) is 6.61 Å². The molecule has 0 heterocycles. The zero-order chi connectivity index (χ0) is 13.0. The second-order valence-corrected chi connectivity index (χ2v) is 5.10. The van der Waals surface area contributed by atoms with Crippen molar-refractivity contribution < 1.29 is 23.7 Å². The smallest absolute Gasteiger partial charge is 0.303 e. The van der Waals surface area contributed by atoms with E-state index < -0.39 is 13.2 Å². The number of phosphoric acid groups is 1. The number of ketones is 1. The minimum atomic E-state index is -4.54. The van der Waals surface area contributed by atoms with Gasteiger partial charge in [0.15, 0.2) is 5.78 Å². The number of carbonyl (C=O) groups excluding carboxylic acids is 1. The molecule has 16 heavy (non-hydrogen) atoms. The molecule has 0 saturated heterocycles. The van der Waals surface area contributed by atoms with Gasteiger partial charge in [0.05, 0.1) is 12.0 Å². The molecule has 94 valence electrons. The van der Waals surface area contributed by atoms with Gasteiger partial charge in [0.25, 0.3) is 0 Å². The summed E-state index contributed by atoms with van der Waals surface area (Å²) in [6.45, 7) is 8.43. The normalized spacial score (nSPS) is 12.6. The van der Waals surface area contributed by atoms with Crippen LogP contribution < -0.4 is 0 Å². The van der Waals surface area contributed by atoms with Crippen molar-refractivity contribution >= 4 is 13.6 Å². The van der Waals surface area contributed by atoms with Gasteiger partial charge in [-0.2, -0.15) is 0 Å². The Morgan fingerprint density at radius 1 is 1.38 bits per heavy atom. The summed E-state index contributed by atoms with van der Waals surface area (Å²) in [6, 6.07) is 0. The highest BCUT2D eigenvalue weighted by molar-refractivity contribution is 7.46.